The number of aromatic nitrogens is 1. The van der Waals surface area contributed by atoms with Gasteiger partial charge < -0.3 is 14.8 Å². The smallest absolute Gasteiger partial charge is 0.257 e. The number of anilines is 3. The molecule has 1 aromatic heterocycles. The Labute approximate surface area is 187 Å². The number of carbonyl (C=O) groups is 2. The van der Waals surface area contributed by atoms with Crippen LogP contribution in [-0.2, 0) is 21.2 Å². The number of nitrogens with one attached hydrogen (secondary N) is 3. The van der Waals surface area contributed by atoms with E-state index in [2.05, 4.69) is 20.3 Å². The highest BCUT2D eigenvalue weighted by Crippen LogP contribution is 2.32. The molecular weight excluding hydrogens is 456 g/mol. The van der Waals surface area contributed by atoms with Crippen molar-refractivity contribution >= 4 is 49.7 Å². The van der Waals surface area contributed by atoms with Crippen LogP contribution in [0.15, 0.2) is 47.8 Å². The van der Waals surface area contributed by atoms with Gasteiger partial charge in [0.15, 0.2) is 16.6 Å². The Morgan fingerprint density at radius 1 is 1.06 bits per heavy atom. The predicted octanol–water partition coefficient (Wildman–Crippen LogP) is 2.68. The van der Waals surface area contributed by atoms with E-state index in [1.807, 2.05) is 0 Å². The molecule has 3 aromatic rings. The van der Waals surface area contributed by atoms with Gasteiger partial charge >= 0.3 is 0 Å². The van der Waals surface area contributed by atoms with Crippen molar-refractivity contribution in [3.8, 4) is 11.5 Å². The summed E-state index contributed by atoms with van der Waals surface area (Å²) < 4.78 is 35.5. The molecule has 0 spiro atoms. The molecule has 0 aliphatic carbocycles. The fourth-order valence-electron chi connectivity index (χ4n) is 2.90. The molecule has 0 saturated carbocycles. The molecule has 0 fully saturated rings. The van der Waals surface area contributed by atoms with Gasteiger partial charge in [-0.25, -0.2) is 13.4 Å². The lowest BCUT2D eigenvalue weighted by molar-refractivity contribution is -0.115. The summed E-state index contributed by atoms with van der Waals surface area (Å²) in [5.74, 6) is 0.399. The van der Waals surface area contributed by atoms with Crippen molar-refractivity contribution in [2.45, 2.75) is 6.42 Å². The molecule has 1 aliphatic heterocycles. The summed E-state index contributed by atoms with van der Waals surface area (Å²) in [6, 6.07) is 11.2. The third-order valence-corrected chi connectivity index (χ3v) is 5.61. The molecule has 0 atom stereocenters. The normalized spacial score (nSPS) is 12.3. The van der Waals surface area contributed by atoms with Crippen molar-refractivity contribution in [2.75, 3.05) is 28.4 Å². The van der Waals surface area contributed by atoms with E-state index in [0.717, 1.165) is 6.26 Å². The second kappa shape index (κ2) is 8.85. The summed E-state index contributed by atoms with van der Waals surface area (Å²) >= 11 is 1.20. The zero-order valence-electron chi connectivity index (χ0n) is 16.7. The number of amides is 2. The second-order valence-electron chi connectivity index (χ2n) is 6.85. The lowest BCUT2D eigenvalue weighted by atomic mass is 10.2. The number of fused-ring (bicyclic) bond motifs is 1. The van der Waals surface area contributed by atoms with E-state index < -0.39 is 10.0 Å². The molecule has 32 heavy (non-hydrogen) atoms. The molecular formula is C20H18N4O6S2. The van der Waals surface area contributed by atoms with Crippen molar-refractivity contribution in [3.63, 3.8) is 0 Å². The van der Waals surface area contributed by atoms with Crippen LogP contribution < -0.4 is 24.8 Å². The number of nitrogens with zero attached hydrogens (tertiary/aromatic N) is 1. The minimum Gasteiger partial charge on any atom is -0.454 e. The Morgan fingerprint density at radius 3 is 2.66 bits per heavy atom. The van der Waals surface area contributed by atoms with E-state index in [-0.39, 0.29) is 25.0 Å². The standard InChI is InChI=1S/C20H18N4O6S2/c1-32(27,28)24-14-4-2-3-13(8-14)21-18(25)9-15-10-31-20(22-15)23-19(26)12-5-6-16-17(7-12)30-11-29-16/h2-8,10,24H,9,11H2,1H3,(H,21,25)(H,22,23,26). The number of hydrogen-bond acceptors (Lipinski definition) is 8. The van der Waals surface area contributed by atoms with E-state index >= 15 is 0 Å². The summed E-state index contributed by atoms with van der Waals surface area (Å²) in [6.45, 7) is 0.122. The second-order valence-corrected chi connectivity index (χ2v) is 9.45. The summed E-state index contributed by atoms with van der Waals surface area (Å²) in [5, 5.41) is 7.42. The van der Waals surface area contributed by atoms with Gasteiger partial charge in [-0.1, -0.05) is 6.07 Å². The van der Waals surface area contributed by atoms with Gasteiger partial charge in [-0.05, 0) is 36.4 Å². The lowest BCUT2D eigenvalue weighted by Gasteiger charge is -2.08. The first-order valence-corrected chi connectivity index (χ1v) is 12.1. The van der Waals surface area contributed by atoms with E-state index in [1.54, 1.807) is 41.8 Å². The third-order valence-electron chi connectivity index (χ3n) is 4.20. The SMILES string of the molecule is CS(=O)(=O)Nc1cccc(NC(=O)Cc2csc(NC(=O)c3ccc4c(c3)OCO4)n2)c1. The molecule has 1 aliphatic rings. The van der Waals surface area contributed by atoms with E-state index in [9.17, 15) is 18.0 Å². The Morgan fingerprint density at radius 2 is 1.84 bits per heavy atom. The van der Waals surface area contributed by atoms with E-state index in [1.165, 1.54) is 17.4 Å². The molecule has 0 bridgehead atoms. The zero-order chi connectivity index (χ0) is 22.7. The highest BCUT2D eigenvalue weighted by Gasteiger charge is 2.17. The molecule has 0 saturated heterocycles. The minimum absolute atomic E-state index is 0.0138. The number of ether oxygens (including phenoxy) is 2. The number of sulfonamides is 1. The van der Waals surface area contributed by atoms with Gasteiger partial charge in [0.25, 0.3) is 5.91 Å². The number of benzene rings is 2. The molecule has 2 amide bonds. The number of thiazole rings is 1. The van der Waals surface area contributed by atoms with Gasteiger partial charge in [-0.3, -0.25) is 19.6 Å². The summed E-state index contributed by atoms with van der Waals surface area (Å²) in [7, 11) is -3.42. The van der Waals surface area contributed by atoms with Gasteiger partial charge in [0.1, 0.15) is 0 Å². The van der Waals surface area contributed by atoms with Crippen LogP contribution in [0.25, 0.3) is 0 Å². The molecule has 2 aromatic carbocycles. The van der Waals surface area contributed by atoms with Crippen molar-refractivity contribution in [1.82, 2.24) is 4.98 Å². The van der Waals surface area contributed by atoms with E-state index in [0.29, 0.717) is 39.3 Å². The maximum Gasteiger partial charge on any atom is 0.257 e. The van der Waals surface area contributed by atoms with Crippen LogP contribution in [0.1, 0.15) is 16.1 Å². The van der Waals surface area contributed by atoms with Crippen LogP contribution in [0.3, 0.4) is 0 Å². The minimum atomic E-state index is -3.42. The van der Waals surface area contributed by atoms with E-state index in [4.69, 9.17) is 9.47 Å². The zero-order valence-corrected chi connectivity index (χ0v) is 18.4. The van der Waals surface area contributed by atoms with Crippen molar-refractivity contribution in [3.05, 3.63) is 59.1 Å². The first-order valence-electron chi connectivity index (χ1n) is 9.28. The average Bonchev–Trinajstić information content (AvgIpc) is 3.35. The van der Waals surface area contributed by atoms with Crippen molar-refractivity contribution in [1.29, 1.82) is 0 Å². The molecule has 12 heteroatoms. The van der Waals surface area contributed by atoms with Gasteiger partial charge in [0.05, 0.1) is 24.1 Å². The Bertz CT molecular complexity index is 1290. The number of rotatable bonds is 7. The number of hydrogen-bond donors (Lipinski definition) is 3. The van der Waals surface area contributed by atoms with Crippen LogP contribution in [0, 0.1) is 0 Å². The number of carbonyl (C=O) groups excluding carboxylic acids is 2. The fourth-order valence-corrected chi connectivity index (χ4v) is 4.16. The van der Waals surface area contributed by atoms with Crippen LogP contribution in [0.2, 0.25) is 0 Å². The summed E-state index contributed by atoms with van der Waals surface area (Å²) in [5.41, 5.74) is 1.66. The van der Waals surface area contributed by atoms with Gasteiger partial charge in [-0.15, -0.1) is 11.3 Å². The van der Waals surface area contributed by atoms with Crippen LogP contribution in [0.5, 0.6) is 11.5 Å². The molecule has 3 N–H and O–H groups in total. The molecule has 10 nitrogen and oxygen atoms in total. The largest absolute Gasteiger partial charge is 0.454 e. The van der Waals surface area contributed by atoms with Gasteiger partial charge in [0.2, 0.25) is 22.7 Å². The molecule has 2 heterocycles. The van der Waals surface area contributed by atoms with Crippen LogP contribution in [0.4, 0.5) is 16.5 Å². The average molecular weight is 475 g/mol. The van der Waals surface area contributed by atoms with Crippen molar-refractivity contribution < 1.29 is 27.5 Å². The molecule has 4 rings (SSSR count). The fraction of sp³-hybridized carbons (Fsp3) is 0.150. The predicted molar refractivity (Wildman–Crippen MR) is 120 cm³/mol. The molecule has 0 radical (unpaired) electrons. The topological polar surface area (TPSA) is 136 Å². The Balaban J connectivity index is 1.34. The monoisotopic (exact) mass is 474 g/mol. The highest BCUT2D eigenvalue weighted by molar-refractivity contribution is 7.92. The third kappa shape index (κ3) is 5.53. The summed E-state index contributed by atoms with van der Waals surface area (Å²) in [4.78, 5) is 29.1. The van der Waals surface area contributed by atoms with Crippen LogP contribution in [-0.4, -0.2) is 38.3 Å². The quantitative estimate of drug-likeness (QED) is 0.479. The molecule has 0 unspecified atom stereocenters. The maximum atomic E-state index is 12.4. The van der Waals surface area contributed by atoms with Crippen LogP contribution >= 0.6 is 11.3 Å². The Kier molecular flexibility index (Phi) is 5.97. The highest BCUT2D eigenvalue weighted by atomic mass is 32.2. The lowest BCUT2D eigenvalue weighted by Crippen LogP contribution is -2.15. The van der Waals surface area contributed by atoms with Crippen molar-refractivity contribution in [2.24, 2.45) is 0 Å². The first kappa shape index (κ1) is 21.6. The first-order chi connectivity index (χ1) is 15.2. The maximum absolute atomic E-state index is 12.4. The van der Waals surface area contributed by atoms with Gasteiger partial charge in [0, 0.05) is 16.6 Å². The Hall–Kier alpha value is -3.64. The molecule has 166 valence electrons. The van der Waals surface area contributed by atoms with Gasteiger partial charge in [-0.2, -0.15) is 0 Å². The summed E-state index contributed by atoms with van der Waals surface area (Å²) in [6.07, 6.45) is 1.03.